The SMILES string of the molecule is Cc1cc(O)cc(S(=O)(=O)c2c(C)cccc2O)c1. The Morgan fingerprint density at radius 1 is 1.00 bits per heavy atom. The van der Waals surface area contributed by atoms with Gasteiger partial charge in [0.05, 0.1) is 4.90 Å². The highest BCUT2D eigenvalue weighted by Gasteiger charge is 2.24. The van der Waals surface area contributed by atoms with Gasteiger partial charge in [-0.05, 0) is 49.2 Å². The van der Waals surface area contributed by atoms with Crippen LogP contribution in [-0.2, 0) is 9.84 Å². The maximum atomic E-state index is 12.5. The number of benzene rings is 2. The average Bonchev–Trinajstić information content (AvgIpc) is 2.26. The van der Waals surface area contributed by atoms with Crippen molar-refractivity contribution in [2.24, 2.45) is 0 Å². The lowest BCUT2D eigenvalue weighted by Crippen LogP contribution is -2.05. The van der Waals surface area contributed by atoms with Gasteiger partial charge in [-0.25, -0.2) is 8.42 Å². The van der Waals surface area contributed by atoms with Crippen LogP contribution in [0.1, 0.15) is 11.1 Å². The Morgan fingerprint density at radius 2 is 1.68 bits per heavy atom. The standard InChI is InChI=1S/C14H14O4S/c1-9-6-11(15)8-12(7-9)19(17,18)14-10(2)4-3-5-13(14)16/h3-8,15-16H,1-2H3. The van der Waals surface area contributed by atoms with Gasteiger partial charge in [0, 0.05) is 0 Å². The molecule has 19 heavy (non-hydrogen) atoms. The summed E-state index contributed by atoms with van der Waals surface area (Å²) in [6.07, 6.45) is 0. The largest absolute Gasteiger partial charge is 0.508 e. The van der Waals surface area contributed by atoms with E-state index in [4.69, 9.17) is 0 Å². The second kappa shape index (κ2) is 4.59. The molecular weight excluding hydrogens is 264 g/mol. The fraction of sp³-hybridized carbons (Fsp3) is 0.143. The van der Waals surface area contributed by atoms with Crippen LogP contribution in [0.4, 0.5) is 0 Å². The number of aryl methyl sites for hydroxylation is 2. The van der Waals surface area contributed by atoms with Gasteiger partial charge >= 0.3 is 0 Å². The van der Waals surface area contributed by atoms with Gasteiger partial charge in [-0.15, -0.1) is 0 Å². The summed E-state index contributed by atoms with van der Waals surface area (Å²) in [4.78, 5) is -0.158. The van der Waals surface area contributed by atoms with Crippen molar-refractivity contribution in [1.82, 2.24) is 0 Å². The lowest BCUT2D eigenvalue weighted by atomic mass is 10.2. The van der Waals surface area contributed by atoms with Crippen LogP contribution in [-0.4, -0.2) is 18.6 Å². The van der Waals surface area contributed by atoms with Crippen LogP contribution in [0.5, 0.6) is 11.5 Å². The molecule has 0 saturated carbocycles. The van der Waals surface area contributed by atoms with Crippen molar-refractivity contribution in [2.75, 3.05) is 0 Å². The molecule has 0 aliphatic heterocycles. The molecule has 2 N–H and O–H groups in total. The van der Waals surface area contributed by atoms with Crippen LogP contribution in [0.3, 0.4) is 0 Å². The Morgan fingerprint density at radius 3 is 2.26 bits per heavy atom. The zero-order valence-electron chi connectivity index (χ0n) is 10.6. The third kappa shape index (κ3) is 2.42. The van der Waals surface area contributed by atoms with Gasteiger partial charge in [0.1, 0.15) is 16.4 Å². The second-order valence-electron chi connectivity index (χ2n) is 4.43. The molecular formula is C14H14O4S. The lowest BCUT2D eigenvalue weighted by Gasteiger charge is -2.10. The number of rotatable bonds is 2. The van der Waals surface area contributed by atoms with E-state index < -0.39 is 9.84 Å². The predicted octanol–water partition coefficient (Wildman–Crippen LogP) is 2.55. The molecule has 0 fully saturated rings. The second-order valence-corrected chi connectivity index (χ2v) is 6.32. The summed E-state index contributed by atoms with van der Waals surface area (Å²) in [6, 6.07) is 8.63. The maximum Gasteiger partial charge on any atom is 0.210 e. The summed E-state index contributed by atoms with van der Waals surface area (Å²) in [7, 11) is -3.86. The van der Waals surface area contributed by atoms with Gasteiger partial charge < -0.3 is 10.2 Å². The Balaban J connectivity index is 2.73. The third-order valence-corrected chi connectivity index (χ3v) is 4.73. The monoisotopic (exact) mass is 278 g/mol. The maximum absolute atomic E-state index is 12.5. The first-order chi connectivity index (χ1) is 8.82. The highest BCUT2D eigenvalue weighted by Crippen LogP contribution is 2.32. The molecule has 0 heterocycles. The van der Waals surface area contributed by atoms with Crippen molar-refractivity contribution >= 4 is 9.84 Å². The zero-order valence-corrected chi connectivity index (χ0v) is 11.4. The highest BCUT2D eigenvalue weighted by molar-refractivity contribution is 7.91. The van der Waals surface area contributed by atoms with E-state index in [9.17, 15) is 18.6 Å². The Bertz CT molecular complexity index is 693. The molecule has 0 aliphatic carbocycles. The molecule has 0 unspecified atom stereocenters. The number of sulfone groups is 1. The topological polar surface area (TPSA) is 74.6 Å². The van der Waals surface area contributed by atoms with Gasteiger partial charge in [0.2, 0.25) is 9.84 Å². The van der Waals surface area contributed by atoms with Gasteiger partial charge in [-0.1, -0.05) is 12.1 Å². The van der Waals surface area contributed by atoms with E-state index in [0.717, 1.165) is 0 Å². The fourth-order valence-electron chi connectivity index (χ4n) is 1.99. The normalized spacial score (nSPS) is 11.5. The van der Waals surface area contributed by atoms with E-state index in [0.29, 0.717) is 11.1 Å². The van der Waals surface area contributed by atoms with E-state index in [2.05, 4.69) is 0 Å². The summed E-state index contributed by atoms with van der Waals surface area (Å²) in [5, 5.41) is 19.3. The van der Waals surface area contributed by atoms with E-state index in [1.54, 1.807) is 26.0 Å². The van der Waals surface area contributed by atoms with Gasteiger partial charge in [0.15, 0.2) is 0 Å². The minimum absolute atomic E-state index is 0.0328. The van der Waals surface area contributed by atoms with Gasteiger partial charge in [-0.2, -0.15) is 0 Å². The van der Waals surface area contributed by atoms with Gasteiger partial charge in [-0.3, -0.25) is 0 Å². The first kappa shape index (κ1) is 13.4. The first-order valence-electron chi connectivity index (χ1n) is 5.66. The van der Waals surface area contributed by atoms with Gasteiger partial charge in [0.25, 0.3) is 0 Å². The zero-order chi connectivity index (χ0) is 14.2. The Hall–Kier alpha value is -2.01. The number of phenolic OH excluding ortho intramolecular Hbond substituents is 2. The minimum atomic E-state index is -3.86. The van der Waals surface area contributed by atoms with E-state index >= 15 is 0 Å². The molecule has 2 rings (SSSR count). The van der Waals surface area contributed by atoms with Crippen molar-refractivity contribution in [3.63, 3.8) is 0 Å². The van der Waals surface area contributed by atoms with E-state index in [1.807, 2.05) is 0 Å². The lowest BCUT2D eigenvalue weighted by molar-refractivity contribution is 0.457. The predicted molar refractivity (Wildman–Crippen MR) is 71.1 cm³/mol. The Labute approximate surface area is 111 Å². The van der Waals surface area contributed by atoms with Crippen LogP contribution in [0.2, 0.25) is 0 Å². The Kier molecular flexibility index (Phi) is 3.24. The quantitative estimate of drug-likeness (QED) is 0.885. The average molecular weight is 278 g/mol. The van der Waals surface area contributed by atoms with E-state index in [-0.39, 0.29) is 21.3 Å². The van der Waals surface area contributed by atoms with E-state index in [1.165, 1.54) is 24.3 Å². The summed E-state index contributed by atoms with van der Waals surface area (Å²) < 4.78 is 25.0. The number of hydrogen-bond acceptors (Lipinski definition) is 4. The molecule has 0 aliphatic rings. The molecule has 0 spiro atoms. The molecule has 0 aromatic heterocycles. The summed E-state index contributed by atoms with van der Waals surface area (Å²) in [5.41, 5.74) is 1.09. The van der Waals surface area contributed by atoms with Crippen LogP contribution in [0.25, 0.3) is 0 Å². The molecule has 0 saturated heterocycles. The molecule has 0 radical (unpaired) electrons. The van der Waals surface area contributed by atoms with Crippen molar-refractivity contribution < 1.29 is 18.6 Å². The summed E-state index contributed by atoms with van der Waals surface area (Å²) in [6.45, 7) is 3.30. The van der Waals surface area contributed by atoms with Crippen LogP contribution >= 0.6 is 0 Å². The third-order valence-electron chi connectivity index (χ3n) is 2.81. The summed E-state index contributed by atoms with van der Waals surface area (Å²) in [5.74, 6) is -0.410. The van der Waals surface area contributed by atoms with Crippen LogP contribution < -0.4 is 0 Å². The molecule has 5 heteroatoms. The molecule has 0 amide bonds. The fourth-order valence-corrected chi connectivity index (χ4v) is 3.68. The molecule has 2 aromatic carbocycles. The molecule has 4 nitrogen and oxygen atoms in total. The van der Waals surface area contributed by atoms with Crippen molar-refractivity contribution in [1.29, 1.82) is 0 Å². The molecule has 0 bridgehead atoms. The van der Waals surface area contributed by atoms with Crippen LogP contribution in [0, 0.1) is 13.8 Å². The number of aromatic hydroxyl groups is 2. The molecule has 0 atom stereocenters. The molecule has 2 aromatic rings. The minimum Gasteiger partial charge on any atom is -0.508 e. The number of hydrogen-bond donors (Lipinski definition) is 2. The highest BCUT2D eigenvalue weighted by atomic mass is 32.2. The molecule has 100 valence electrons. The van der Waals surface area contributed by atoms with Crippen molar-refractivity contribution in [3.05, 3.63) is 47.5 Å². The van der Waals surface area contributed by atoms with Crippen LogP contribution in [0.15, 0.2) is 46.2 Å². The first-order valence-corrected chi connectivity index (χ1v) is 7.15. The van der Waals surface area contributed by atoms with Crippen molar-refractivity contribution in [2.45, 2.75) is 23.6 Å². The van der Waals surface area contributed by atoms with Crippen molar-refractivity contribution in [3.8, 4) is 11.5 Å². The number of phenols is 2. The smallest absolute Gasteiger partial charge is 0.210 e. The summed E-state index contributed by atoms with van der Waals surface area (Å²) >= 11 is 0.